The molecule has 3 rings (SSSR count). The number of carbonyl (C=O) groups excluding carboxylic acids is 2. The van der Waals surface area contributed by atoms with Crippen molar-refractivity contribution in [3.8, 4) is 0 Å². The maximum atomic E-state index is 12.8. The van der Waals surface area contributed by atoms with Crippen LogP contribution in [0.1, 0.15) is 51.0 Å². The number of carbonyl (C=O) groups is 2. The minimum absolute atomic E-state index is 0.0255. The third-order valence-corrected chi connectivity index (χ3v) is 4.93. The quantitative estimate of drug-likeness (QED) is 0.469. The molecule has 0 fully saturated rings. The summed E-state index contributed by atoms with van der Waals surface area (Å²) in [7, 11) is 0. The summed E-state index contributed by atoms with van der Waals surface area (Å²) in [5.41, 5.74) is 4.32. The molecule has 4 nitrogen and oxygen atoms in total. The molecule has 0 atom stereocenters. The molecule has 2 aromatic carbocycles. The number of hydrogen-bond donors (Lipinski definition) is 1. The molecule has 0 aliphatic heterocycles. The third-order valence-electron chi connectivity index (χ3n) is 4.93. The Labute approximate surface area is 166 Å². The van der Waals surface area contributed by atoms with E-state index in [9.17, 15) is 9.59 Å². The van der Waals surface area contributed by atoms with Crippen LogP contribution in [0.25, 0.3) is 0 Å². The number of benzene rings is 2. The predicted molar refractivity (Wildman–Crippen MR) is 112 cm³/mol. The maximum absolute atomic E-state index is 12.8. The molecule has 0 saturated carbocycles. The highest BCUT2D eigenvalue weighted by molar-refractivity contribution is 6.00. The summed E-state index contributed by atoms with van der Waals surface area (Å²) in [6, 6.07) is 21.9. The Morgan fingerprint density at radius 1 is 0.929 bits per heavy atom. The lowest BCUT2D eigenvalue weighted by Crippen LogP contribution is -2.27. The van der Waals surface area contributed by atoms with E-state index in [0.29, 0.717) is 24.3 Å². The minimum Gasteiger partial charge on any atom is -0.351 e. The van der Waals surface area contributed by atoms with Crippen LogP contribution >= 0.6 is 0 Å². The van der Waals surface area contributed by atoms with Crippen molar-refractivity contribution in [3.63, 3.8) is 0 Å². The van der Waals surface area contributed by atoms with Gasteiger partial charge in [-0.05, 0) is 43.9 Å². The summed E-state index contributed by atoms with van der Waals surface area (Å²) in [4.78, 5) is 24.8. The smallest absolute Gasteiger partial charge is 0.267 e. The second-order valence-corrected chi connectivity index (χ2v) is 7.00. The van der Waals surface area contributed by atoms with Gasteiger partial charge in [-0.25, -0.2) is 0 Å². The lowest BCUT2D eigenvalue weighted by molar-refractivity contribution is 0.0943. The molecule has 0 unspecified atom stereocenters. The first-order valence-electron chi connectivity index (χ1n) is 9.63. The molecule has 0 aliphatic rings. The normalized spacial score (nSPS) is 10.6. The first kappa shape index (κ1) is 19.6. The number of nitrogens with zero attached hydrogens (tertiary/aromatic N) is 1. The fourth-order valence-electron chi connectivity index (χ4n) is 3.39. The molecule has 0 aliphatic carbocycles. The Morgan fingerprint density at radius 3 is 2.14 bits per heavy atom. The van der Waals surface area contributed by atoms with Gasteiger partial charge < -0.3 is 9.88 Å². The second-order valence-electron chi connectivity index (χ2n) is 7.00. The molecule has 0 bridgehead atoms. The topological polar surface area (TPSA) is 51.1 Å². The number of amides is 1. The summed E-state index contributed by atoms with van der Waals surface area (Å²) in [6.45, 7) is 4.59. The van der Waals surface area contributed by atoms with Gasteiger partial charge in [0.05, 0.1) is 0 Å². The first-order valence-corrected chi connectivity index (χ1v) is 9.63. The molecule has 1 N–H and O–H groups in total. The van der Waals surface area contributed by atoms with Gasteiger partial charge in [0.2, 0.25) is 0 Å². The minimum atomic E-state index is -0.139. The van der Waals surface area contributed by atoms with E-state index in [1.807, 2.05) is 60.0 Å². The van der Waals surface area contributed by atoms with Crippen molar-refractivity contribution < 1.29 is 9.59 Å². The zero-order chi connectivity index (χ0) is 19.9. The number of ketones is 1. The van der Waals surface area contributed by atoms with Crippen LogP contribution in [0.2, 0.25) is 0 Å². The lowest BCUT2D eigenvalue weighted by Gasteiger charge is -2.12. The van der Waals surface area contributed by atoms with Crippen LogP contribution in [0.4, 0.5) is 0 Å². The van der Waals surface area contributed by atoms with Crippen LogP contribution in [0, 0.1) is 6.92 Å². The molecule has 3 aromatic rings. The van der Waals surface area contributed by atoms with Gasteiger partial charge >= 0.3 is 0 Å². The molecular formula is C24H26N2O2. The molecule has 1 amide bonds. The Hall–Kier alpha value is -3.14. The second kappa shape index (κ2) is 9.18. The summed E-state index contributed by atoms with van der Waals surface area (Å²) in [5, 5.41) is 3.00. The van der Waals surface area contributed by atoms with Crippen molar-refractivity contribution in [1.82, 2.24) is 9.88 Å². The number of aryl methyl sites for hydroxylation is 1. The van der Waals surface area contributed by atoms with E-state index in [-0.39, 0.29) is 11.7 Å². The number of Topliss-reactive ketones (excluding diaryl/α,β-unsaturated/α-hetero) is 1. The highest BCUT2D eigenvalue weighted by Crippen LogP contribution is 2.18. The van der Waals surface area contributed by atoms with E-state index in [1.54, 1.807) is 6.07 Å². The average Bonchev–Trinajstić information content (AvgIpc) is 3.03. The van der Waals surface area contributed by atoms with Crippen molar-refractivity contribution in [1.29, 1.82) is 0 Å². The largest absolute Gasteiger partial charge is 0.351 e. The predicted octanol–water partition coefficient (Wildman–Crippen LogP) is 4.41. The van der Waals surface area contributed by atoms with E-state index in [0.717, 1.165) is 24.1 Å². The van der Waals surface area contributed by atoms with E-state index in [1.165, 1.54) is 12.5 Å². The van der Waals surface area contributed by atoms with Gasteiger partial charge in [0.1, 0.15) is 5.69 Å². The molecule has 1 heterocycles. The van der Waals surface area contributed by atoms with Gasteiger partial charge in [-0.15, -0.1) is 0 Å². The van der Waals surface area contributed by atoms with Gasteiger partial charge in [-0.3, -0.25) is 9.59 Å². The maximum Gasteiger partial charge on any atom is 0.267 e. The Kier molecular flexibility index (Phi) is 6.43. The van der Waals surface area contributed by atoms with Crippen LogP contribution in [-0.4, -0.2) is 22.8 Å². The lowest BCUT2D eigenvalue weighted by atomic mass is 10.1. The van der Waals surface area contributed by atoms with Crippen LogP contribution in [0.5, 0.6) is 0 Å². The SMILES string of the molecule is CC(=O)c1cc(C(=O)NCCCc2ccccc2)n(Cc2ccccc2)c1C. The fraction of sp³-hybridized carbons (Fsp3) is 0.250. The van der Waals surface area contributed by atoms with Gasteiger partial charge in [-0.1, -0.05) is 60.7 Å². The monoisotopic (exact) mass is 374 g/mol. The summed E-state index contributed by atoms with van der Waals surface area (Å²) in [5.74, 6) is -0.165. The van der Waals surface area contributed by atoms with Crippen LogP contribution < -0.4 is 5.32 Å². The van der Waals surface area contributed by atoms with Gasteiger partial charge in [-0.2, -0.15) is 0 Å². The highest BCUT2D eigenvalue weighted by atomic mass is 16.2. The fourth-order valence-corrected chi connectivity index (χ4v) is 3.39. The molecule has 28 heavy (non-hydrogen) atoms. The zero-order valence-electron chi connectivity index (χ0n) is 16.4. The summed E-state index contributed by atoms with van der Waals surface area (Å²) in [6.07, 6.45) is 1.79. The Balaban J connectivity index is 1.71. The van der Waals surface area contributed by atoms with E-state index < -0.39 is 0 Å². The van der Waals surface area contributed by atoms with E-state index in [2.05, 4.69) is 17.4 Å². The molecule has 1 aromatic heterocycles. The van der Waals surface area contributed by atoms with Crippen molar-refractivity contribution in [2.24, 2.45) is 0 Å². The number of rotatable bonds is 8. The zero-order valence-corrected chi connectivity index (χ0v) is 16.4. The summed E-state index contributed by atoms with van der Waals surface area (Å²) < 4.78 is 1.93. The third kappa shape index (κ3) is 4.77. The van der Waals surface area contributed by atoms with Crippen molar-refractivity contribution in [3.05, 3.63) is 94.8 Å². The van der Waals surface area contributed by atoms with Crippen molar-refractivity contribution >= 4 is 11.7 Å². The van der Waals surface area contributed by atoms with Crippen molar-refractivity contribution in [2.75, 3.05) is 6.54 Å². The molecular weight excluding hydrogens is 348 g/mol. The average molecular weight is 374 g/mol. The first-order chi connectivity index (χ1) is 13.6. The Bertz CT molecular complexity index is 943. The molecule has 0 radical (unpaired) electrons. The molecule has 144 valence electrons. The van der Waals surface area contributed by atoms with Crippen LogP contribution in [-0.2, 0) is 13.0 Å². The molecule has 0 spiro atoms. The Morgan fingerprint density at radius 2 is 1.54 bits per heavy atom. The molecule has 0 saturated heterocycles. The van der Waals surface area contributed by atoms with Gasteiger partial charge in [0.25, 0.3) is 5.91 Å². The standard InChI is InChI=1S/C24H26N2O2/c1-18-22(19(2)27)16-23(26(18)17-21-12-7-4-8-13-21)24(28)25-15-9-14-20-10-5-3-6-11-20/h3-8,10-13,16H,9,14-15,17H2,1-2H3,(H,25,28). The number of aromatic nitrogens is 1. The number of hydrogen-bond acceptors (Lipinski definition) is 2. The van der Waals surface area contributed by atoms with Crippen LogP contribution in [0.3, 0.4) is 0 Å². The van der Waals surface area contributed by atoms with Gasteiger partial charge in [0, 0.05) is 24.3 Å². The summed E-state index contributed by atoms with van der Waals surface area (Å²) >= 11 is 0. The highest BCUT2D eigenvalue weighted by Gasteiger charge is 2.19. The van der Waals surface area contributed by atoms with E-state index >= 15 is 0 Å². The number of nitrogens with one attached hydrogen (secondary N) is 1. The van der Waals surface area contributed by atoms with E-state index in [4.69, 9.17) is 0 Å². The van der Waals surface area contributed by atoms with Crippen molar-refractivity contribution in [2.45, 2.75) is 33.2 Å². The van der Waals surface area contributed by atoms with Gasteiger partial charge in [0.15, 0.2) is 5.78 Å². The molecule has 4 heteroatoms. The van der Waals surface area contributed by atoms with Crippen LogP contribution in [0.15, 0.2) is 66.7 Å².